The van der Waals surface area contributed by atoms with E-state index in [1.807, 2.05) is 13.8 Å². The second kappa shape index (κ2) is 11.5. The highest BCUT2D eigenvalue weighted by molar-refractivity contribution is 7.92. The predicted molar refractivity (Wildman–Crippen MR) is 153 cm³/mol. The van der Waals surface area contributed by atoms with E-state index >= 15 is 0 Å². The Balaban J connectivity index is 1.77. The lowest BCUT2D eigenvalue weighted by Gasteiger charge is -2.36. The number of amides is 1. The van der Waals surface area contributed by atoms with Gasteiger partial charge in [0.1, 0.15) is 11.9 Å². The number of carbonyl (C=O) groups excluding carboxylic acids is 1. The minimum Gasteiger partial charge on any atom is -0.496 e. The predicted octanol–water partition coefficient (Wildman–Crippen LogP) is 7.67. The van der Waals surface area contributed by atoms with Crippen molar-refractivity contribution in [2.45, 2.75) is 64.5 Å². The summed E-state index contributed by atoms with van der Waals surface area (Å²) in [6.45, 7) is 5.60. The molecular weight excluding hydrogens is 614 g/mol. The van der Waals surface area contributed by atoms with Crippen LogP contribution in [0.3, 0.4) is 0 Å². The van der Waals surface area contributed by atoms with Crippen molar-refractivity contribution >= 4 is 27.4 Å². The average molecular weight is 649 g/mol. The largest absolute Gasteiger partial charge is 0.496 e. The maximum Gasteiger partial charge on any atom is 0.416 e. The van der Waals surface area contributed by atoms with Crippen molar-refractivity contribution < 1.29 is 49.0 Å². The van der Waals surface area contributed by atoms with Gasteiger partial charge in [-0.1, -0.05) is 13.8 Å². The molecular formula is C30H34F6N2O5S. The standard InChI is InChI=1S/C30H34F6N2O5S/c1-17-26(18-11-20(29(31,32)33)13-21(12-18)30(34,35)36)43-27(39)38(17)16-19-15-28(2,3)10-9-23(19)24-14-22(7-8-25(24)42-5)37(4)44(6,40)41/h7-8,11-14,17,26H,9-10,15-16H2,1-6H3/t17-,26?/m0/s1. The molecule has 1 unspecified atom stereocenters. The fourth-order valence-corrected chi connectivity index (χ4v) is 6.21. The monoisotopic (exact) mass is 648 g/mol. The Hall–Kier alpha value is -3.42. The van der Waals surface area contributed by atoms with Crippen LogP contribution in [-0.2, 0) is 27.1 Å². The first kappa shape index (κ1) is 33.5. The zero-order valence-corrected chi connectivity index (χ0v) is 25.9. The Labute approximate surface area is 252 Å². The lowest BCUT2D eigenvalue weighted by atomic mass is 9.72. The van der Waals surface area contributed by atoms with E-state index in [2.05, 4.69) is 0 Å². The summed E-state index contributed by atoms with van der Waals surface area (Å²) in [5, 5.41) is 0. The lowest BCUT2D eigenvalue weighted by molar-refractivity contribution is -0.143. The number of benzene rings is 2. The van der Waals surface area contributed by atoms with Crippen LogP contribution in [0.25, 0.3) is 5.57 Å². The van der Waals surface area contributed by atoms with Crippen molar-refractivity contribution in [2.24, 2.45) is 5.41 Å². The molecule has 1 heterocycles. The minimum absolute atomic E-state index is 0.00432. The summed E-state index contributed by atoms with van der Waals surface area (Å²) in [6.07, 6.45) is -9.46. The van der Waals surface area contributed by atoms with Gasteiger partial charge in [0.05, 0.1) is 36.2 Å². The number of hydrogen-bond acceptors (Lipinski definition) is 5. The molecule has 242 valence electrons. The number of allylic oxidation sites excluding steroid dienone is 1. The third-order valence-electron chi connectivity index (χ3n) is 8.23. The van der Waals surface area contributed by atoms with Gasteiger partial charge in [-0.05, 0) is 84.7 Å². The minimum atomic E-state index is -5.05. The van der Waals surface area contributed by atoms with Gasteiger partial charge in [-0.2, -0.15) is 26.3 Å². The molecule has 1 aliphatic heterocycles. The molecule has 0 bridgehead atoms. The molecule has 4 rings (SSSR count). The van der Waals surface area contributed by atoms with Crippen LogP contribution >= 0.6 is 0 Å². The molecule has 0 aromatic heterocycles. The van der Waals surface area contributed by atoms with Gasteiger partial charge in [0.2, 0.25) is 10.0 Å². The second-order valence-electron chi connectivity index (χ2n) is 12.1. The number of anilines is 1. The Bertz CT molecular complexity index is 1550. The number of sulfonamides is 1. The van der Waals surface area contributed by atoms with E-state index in [9.17, 15) is 39.6 Å². The van der Waals surface area contributed by atoms with Crippen LogP contribution in [-0.4, -0.2) is 52.4 Å². The summed E-state index contributed by atoms with van der Waals surface area (Å²) in [7, 11) is -0.690. The molecule has 1 amide bonds. The van der Waals surface area contributed by atoms with Crippen molar-refractivity contribution in [3.8, 4) is 5.75 Å². The van der Waals surface area contributed by atoms with Crippen LogP contribution in [0.1, 0.15) is 68.4 Å². The van der Waals surface area contributed by atoms with Crippen LogP contribution < -0.4 is 9.04 Å². The van der Waals surface area contributed by atoms with Crippen molar-refractivity contribution in [1.29, 1.82) is 0 Å². The Kier molecular flexibility index (Phi) is 8.75. The smallest absolute Gasteiger partial charge is 0.416 e. The quantitative estimate of drug-likeness (QED) is 0.288. The first-order chi connectivity index (χ1) is 20.1. The average Bonchev–Trinajstić information content (AvgIpc) is 3.18. The number of nitrogens with zero attached hydrogens (tertiary/aromatic N) is 2. The molecule has 14 heteroatoms. The molecule has 7 nitrogen and oxygen atoms in total. The Morgan fingerprint density at radius 2 is 1.64 bits per heavy atom. The molecule has 44 heavy (non-hydrogen) atoms. The van der Waals surface area contributed by atoms with Gasteiger partial charge in [-0.15, -0.1) is 0 Å². The molecule has 0 radical (unpaired) electrons. The Morgan fingerprint density at radius 1 is 1.05 bits per heavy atom. The van der Waals surface area contributed by atoms with Crippen molar-refractivity contribution in [2.75, 3.05) is 31.3 Å². The van der Waals surface area contributed by atoms with E-state index in [0.717, 1.165) is 28.1 Å². The summed E-state index contributed by atoms with van der Waals surface area (Å²) in [5.74, 6) is 0.474. The SMILES string of the molecule is COc1ccc(N(C)S(C)(=O)=O)cc1C1=C(CN2C(=O)OC(c3cc(C(F)(F)F)cc(C(F)(F)F)c3)[C@@H]2C)CC(C)(C)CC1. The zero-order chi connectivity index (χ0) is 33.0. The van der Waals surface area contributed by atoms with Gasteiger partial charge in [-0.3, -0.25) is 9.21 Å². The number of hydrogen-bond donors (Lipinski definition) is 0. The molecule has 1 aliphatic carbocycles. The molecule has 1 saturated heterocycles. The van der Waals surface area contributed by atoms with Crippen LogP contribution in [0.15, 0.2) is 42.0 Å². The van der Waals surface area contributed by atoms with E-state index in [1.165, 1.54) is 26.0 Å². The first-order valence-corrected chi connectivity index (χ1v) is 15.6. The van der Waals surface area contributed by atoms with Crippen molar-refractivity contribution in [1.82, 2.24) is 4.90 Å². The van der Waals surface area contributed by atoms with E-state index in [4.69, 9.17) is 9.47 Å². The molecule has 0 N–H and O–H groups in total. The van der Waals surface area contributed by atoms with Crippen molar-refractivity contribution in [3.05, 3.63) is 64.2 Å². The maximum atomic E-state index is 13.5. The summed E-state index contributed by atoms with van der Waals surface area (Å²) in [4.78, 5) is 14.4. The highest BCUT2D eigenvalue weighted by atomic mass is 32.2. The van der Waals surface area contributed by atoms with Gasteiger partial charge in [0, 0.05) is 19.2 Å². The van der Waals surface area contributed by atoms with E-state index in [-0.39, 0.29) is 18.0 Å². The summed E-state index contributed by atoms with van der Waals surface area (Å²) in [5.41, 5.74) is -0.971. The number of halogens is 6. The Morgan fingerprint density at radius 3 is 2.16 bits per heavy atom. The normalized spacial score (nSPS) is 21.0. The number of alkyl halides is 6. The van der Waals surface area contributed by atoms with Gasteiger partial charge < -0.3 is 9.47 Å². The van der Waals surface area contributed by atoms with Crippen LogP contribution in [0.4, 0.5) is 36.8 Å². The van der Waals surface area contributed by atoms with Crippen LogP contribution in [0, 0.1) is 5.41 Å². The molecule has 2 aliphatic rings. The number of ether oxygens (including phenoxy) is 2. The number of methoxy groups -OCH3 is 1. The van der Waals surface area contributed by atoms with Gasteiger partial charge >= 0.3 is 18.4 Å². The van der Waals surface area contributed by atoms with Crippen LogP contribution in [0.2, 0.25) is 0 Å². The van der Waals surface area contributed by atoms with E-state index in [1.54, 1.807) is 18.2 Å². The maximum absolute atomic E-state index is 13.5. The molecule has 2 aromatic carbocycles. The zero-order valence-electron chi connectivity index (χ0n) is 25.1. The third kappa shape index (κ3) is 6.94. The number of rotatable bonds is 7. The highest BCUT2D eigenvalue weighted by Crippen LogP contribution is 2.47. The van der Waals surface area contributed by atoms with Gasteiger partial charge in [0.25, 0.3) is 0 Å². The number of carbonyl (C=O) groups is 1. The van der Waals surface area contributed by atoms with Gasteiger partial charge in [0.15, 0.2) is 0 Å². The summed E-state index contributed by atoms with van der Waals surface area (Å²) in [6, 6.07) is 5.22. The third-order valence-corrected chi connectivity index (χ3v) is 9.44. The summed E-state index contributed by atoms with van der Waals surface area (Å²) >= 11 is 0. The first-order valence-electron chi connectivity index (χ1n) is 13.7. The summed E-state index contributed by atoms with van der Waals surface area (Å²) < 4.78 is 118. The van der Waals surface area contributed by atoms with E-state index < -0.39 is 57.3 Å². The second-order valence-corrected chi connectivity index (χ2v) is 14.1. The fourth-order valence-electron chi connectivity index (χ4n) is 5.72. The number of cyclic esters (lactones) is 1. The lowest BCUT2D eigenvalue weighted by Crippen LogP contribution is -2.35. The molecule has 0 spiro atoms. The fraction of sp³-hybridized carbons (Fsp3) is 0.500. The van der Waals surface area contributed by atoms with Crippen molar-refractivity contribution in [3.63, 3.8) is 0 Å². The topological polar surface area (TPSA) is 76.2 Å². The van der Waals surface area contributed by atoms with Gasteiger partial charge in [-0.25, -0.2) is 13.2 Å². The van der Waals surface area contributed by atoms with E-state index in [0.29, 0.717) is 42.0 Å². The molecule has 2 aromatic rings. The molecule has 2 atom stereocenters. The van der Waals surface area contributed by atoms with Crippen LogP contribution in [0.5, 0.6) is 5.75 Å². The molecule has 0 saturated carbocycles. The molecule has 1 fully saturated rings. The highest BCUT2D eigenvalue weighted by Gasteiger charge is 2.44.